The van der Waals surface area contributed by atoms with Gasteiger partial charge in [0.2, 0.25) is 17.8 Å². The predicted octanol–water partition coefficient (Wildman–Crippen LogP) is 4.02. The number of aromatic nitrogens is 2. The monoisotopic (exact) mass is 505 g/mol. The molecule has 0 aliphatic carbocycles. The van der Waals surface area contributed by atoms with Gasteiger partial charge in [-0.15, -0.1) is 0 Å². The van der Waals surface area contributed by atoms with Crippen LogP contribution in [0.5, 0.6) is 0 Å². The van der Waals surface area contributed by atoms with E-state index in [2.05, 4.69) is 31.2 Å². The number of rotatable bonds is 12. The summed E-state index contributed by atoms with van der Waals surface area (Å²) in [6.45, 7) is 3.23. The molecule has 0 aliphatic heterocycles. The van der Waals surface area contributed by atoms with E-state index in [1.807, 2.05) is 25.1 Å². The summed E-state index contributed by atoms with van der Waals surface area (Å²) in [5.41, 5.74) is 2.67. The van der Waals surface area contributed by atoms with Crippen LogP contribution in [-0.2, 0) is 9.59 Å². The van der Waals surface area contributed by atoms with E-state index in [0.29, 0.717) is 36.2 Å². The third kappa shape index (κ3) is 8.39. The van der Waals surface area contributed by atoms with Crippen LogP contribution < -0.4 is 21.3 Å². The number of nitrogens with one attached hydrogen (secondary N) is 4. The zero-order valence-electron chi connectivity index (χ0n) is 21.2. The van der Waals surface area contributed by atoms with Crippen LogP contribution in [0.3, 0.4) is 0 Å². The molecule has 1 aromatic heterocycles. The summed E-state index contributed by atoms with van der Waals surface area (Å²) in [5, 5.41) is 12.1. The van der Waals surface area contributed by atoms with Crippen LogP contribution in [0.15, 0.2) is 66.9 Å². The van der Waals surface area contributed by atoms with Crippen molar-refractivity contribution in [3.8, 4) is 11.1 Å². The van der Waals surface area contributed by atoms with Crippen molar-refractivity contribution in [1.29, 1.82) is 0 Å². The van der Waals surface area contributed by atoms with E-state index in [9.17, 15) is 14.0 Å². The smallest absolute Gasteiger partial charge is 0.246 e. The molecule has 3 rings (SSSR count). The number of hydrogen-bond donors (Lipinski definition) is 4. The summed E-state index contributed by atoms with van der Waals surface area (Å²) in [7, 11) is 3.36. The van der Waals surface area contributed by atoms with Gasteiger partial charge in [-0.1, -0.05) is 31.2 Å². The van der Waals surface area contributed by atoms with Crippen LogP contribution >= 0.6 is 0 Å². The number of benzene rings is 2. The molecular formula is C27H32FN7O2. The average molecular weight is 506 g/mol. The van der Waals surface area contributed by atoms with Crippen molar-refractivity contribution in [2.75, 3.05) is 49.7 Å². The molecule has 2 amide bonds. The number of carbonyl (C=O) groups is 2. The Bertz CT molecular complexity index is 1250. The summed E-state index contributed by atoms with van der Waals surface area (Å²) in [6, 6.07) is 13.4. The Morgan fingerprint density at radius 1 is 1.11 bits per heavy atom. The predicted molar refractivity (Wildman–Crippen MR) is 145 cm³/mol. The third-order valence-electron chi connectivity index (χ3n) is 5.21. The molecule has 4 N–H and O–H groups in total. The van der Waals surface area contributed by atoms with E-state index in [-0.39, 0.29) is 24.2 Å². The lowest BCUT2D eigenvalue weighted by molar-refractivity contribution is -0.129. The van der Waals surface area contributed by atoms with Crippen LogP contribution in [0.2, 0.25) is 0 Å². The lowest BCUT2D eigenvalue weighted by atomic mass is 10.1. The summed E-state index contributed by atoms with van der Waals surface area (Å²) in [4.78, 5) is 35.0. The molecule has 194 valence electrons. The van der Waals surface area contributed by atoms with Gasteiger partial charge in [0.15, 0.2) is 0 Å². The quantitative estimate of drug-likeness (QED) is 0.275. The molecule has 0 radical (unpaired) electrons. The Morgan fingerprint density at radius 3 is 2.65 bits per heavy atom. The first-order valence-electron chi connectivity index (χ1n) is 12.0. The zero-order valence-corrected chi connectivity index (χ0v) is 21.2. The molecule has 0 bridgehead atoms. The second kappa shape index (κ2) is 13.7. The van der Waals surface area contributed by atoms with Crippen LogP contribution in [-0.4, -0.2) is 60.4 Å². The van der Waals surface area contributed by atoms with Crippen molar-refractivity contribution in [1.82, 2.24) is 20.2 Å². The molecule has 0 saturated carbocycles. The van der Waals surface area contributed by atoms with E-state index >= 15 is 0 Å². The first-order valence-corrected chi connectivity index (χ1v) is 12.0. The van der Waals surface area contributed by atoms with E-state index in [1.165, 1.54) is 23.1 Å². The molecule has 10 heteroatoms. The largest absolute Gasteiger partial charge is 0.369 e. The van der Waals surface area contributed by atoms with Gasteiger partial charge >= 0.3 is 0 Å². The SMILES string of the molecule is CCCNc1nc(Nc2cccc(F)c2)ncc1-c1cccc(NC(=O)CN(C)C(=O)/C=C/CNC)c1. The fourth-order valence-electron chi connectivity index (χ4n) is 3.39. The van der Waals surface area contributed by atoms with Crippen LogP contribution in [0.4, 0.5) is 27.5 Å². The molecule has 3 aromatic rings. The van der Waals surface area contributed by atoms with Gasteiger partial charge < -0.3 is 26.2 Å². The number of hydrogen-bond acceptors (Lipinski definition) is 7. The second-order valence-corrected chi connectivity index (χ2v) is 8.30. The van der Waals surface area contributed by atoms with Crippen LogP contribution in [0.25, 0.3) is 11.1 Å². The highest BCUT2D eigenvalue weighted by Gasteiger charge is 2.13. The molecule has 0 unspecified atom stereocenters. The van der Waals surface area contributed by atoms with Crippen molar-refractivity contribution in [3.05, 3.63) is 72.7 Å². The molecule has 9 nitrogen and oxygen atoms in total. The minimum absolute atomic E-state index is 0.0835. The third-order valence-corrected chi connectivity index (χ3v) is 5.21. The van der Waals surface area contributed by atoms with Gasteiger partial charge in [0.25, 0.3) is 0 Å². The molecular weight excluding hydrogens is 473 g/mol. The highest BCUT2D eigenvalue weighted by atomic mass is 19.1. The number of halogens is 1. The Hall–Kier alpha value is -4.31. The summed E-state index contributed by atoms with van der Waals surface area (Å²) in [6.07, 6.45) is 5.70. The minimum atomic E-state index is -0.356. The zero-order chi connectivity index (χ0) is 26.6. The Labute approximate surface area is 216 Å². The highest BCUT2D eigenvalue weighted by Crippen LogP contribution is 2.29. The molecule has 0 spiro atoms. The second-order valence-electron chi connectivity index (χ2n) is 8.30. The average Bonchev–Trinajstić information content (AvgIpc) is 2.87. The number of nitrogens with zero attached hydrogens (tertiary/aromatic N) is 3. The maximum atomic E-state index is 13.6. The van der Waals surface area contributed by atoms with Gasteiger partial charge in [-0.05, 0) is 49.4 Å². The maximum absolute atomic E-state index is 13.6. The van der Waals surface area contributed by atoms with Gasteiger partial charge in [0.1, 0.15) is 11.6 Å². The number of carbonyl (C=O) groups excluding carboxylic acids is 2. The van der Waals surface area contributed by atoms with Gasteiger partial charge in [-0.25, -0.2) is 9.37 Å². The summed E-state index contributed by atoms with van der Waals surface area (Å²) in [5.74, 6) is 0.0116. The number of amides is 2. The molecule has 2 aromatic carbocycles. The van der Waals surface area contributed by atoms with E-state index in [0.717, 1.165) is 17.5 Å². The number of likely N-dealkylation sites (N-methyl/N-ethyl adjacent to an activating group) is 2. The van der Waals surface area contributed by atoms with E-state index in [1.54, 1.807) is 44.6 Å². The number of anilines is 4. The Kier molecular flexibility index (Phi) is 10.1. The molecule has 37 heavy (non-hydrogen) atoms. The van der Waals surface area contributed by atoms with Crippen molar-refractivity contribution >= 4 is 35.0 Å². The lowest BCUT2D eigenvalue weighted by Gasteiger charge is -2.16. The Morgan fingerprint density at radius 2 is 1.89 bits per heavy atom. The topological polar surface area (TPSA) is 111 Å². The standard InChI is InChI=1S/C27H32FN7O2/c1-4-13-30-26-23(17-31-27(34-26)33-22-11-6-9-20(28)16-22)19-8-5-10-21(15-19)32-24(36)18-35(3)25(37)12-7-14-29-2/h5-12,15-17,29H,4,13-14,18H2,1-3H3,(H,32,36)(H2,30,31,33,34)/b12-7+. The first kappa shape index (κ1) is 27.3. The summed E-state index contributed by atoms with van der Waals surface area (Å²) >= 11 is 0. The summed E-state index contributed by atoms with van der Waals surface area (Å²) < 4.78 is 13.6. The van der Waals surface area contributed by atoms with Crippen LogP contribution in [0.1, 0.15) is 13.3 Å². The van der Waals surface area contributed by atoms with Gasteiger partial charge in [0.05, 0.1) is 6.54 Å². The molecule has 0 atom stereocenters. The molecule has 0 fully saturated rings. The highest BCUT2D eigenvalue weighted by molar-refractivity contribution is 5.97. The molecule has 1 heterocycles. The molecule has 0 aliphatic rings. The van der Waals surface area contributed by atoms with Gasteiger partial charge in [-0.3, -0.25) is 9.59 Å². The minimum Gasteiger partial charge on any atom is -0.369 e. The van der Waals surface area contributed by atoms with Crippen molar-refractivity contribution < 1.29 is 14.0 Å². The fraction of sp³-hybridized carbons (Fsp3) is 0.259. The van der Waals surface area contributed by atoms with Crippen molar-refractivity contribution in [3.63, 3.8) is 0 Å². The van der Waals surface area contributed by atoms with Crippen molar-refractivity contribution in [2.24, 2.45) is 0 Å². The fourth-order valence-corrected chi connectivity index (χ4v) is 3.39. The first-order chi connectivity index (χ1) is 17.9. The molecule has 0 saturated heterocycles. The van der Waals surface area contributed by atoms with Crippen LogP contribution in [0, 0.1) is 5.82 Å². The lowest BCUT2D eigenvalue weighted by Crippen LogP contribution is -2.34. The van der Waals surface area contributed by atoms with E-state index in [4.69, 9.17) is 0 Å². The normalized spacial score (nSPS) is 10.8. The van der Waals surface area contributed by atoms with Crippen molar-refractivity contribution in [2.45, 2.75) is 13.3 Å². The van der Waals surface area contributed by atoms with Gasteiger partial charge in [-0.2, -0.15) is 4.98 Å². The maximum Gasteiger partial charge on any atom is 0.246 e. The van der Waals surface area contributed by atoms with Gasteiger partial charge in [0, 0.05) is 49.3 Å². The Balaban J connectivity index is 1.75. The van der Waals surface area contributed by atoms with E-state index < -0.39 is 0 Å².